The van der Waals surface area contributed by atoms with E-state index in [-0.39, 0.29) is 0 Å². The Bertz CT molecular complexity index is 1090. The van der Waals surface area contributed by atoms with Crippen molar-refractivity contribution < 1.29 is 77.7 Å². The quantitative estimate of drug-likeness (QED) is 0.214. The summed E-state index contributed by atoms with van der Waals surface area (Å²) in [5, 5.41) is 3.60. The standard InChI is InChI=1S/C10H24N.C4H2F9NO8S4/c1-5-6-7-8-9-10-11(2,3)4;5-1(6,7)23(15,16)4(26(14,21)22,24(17,18)2(8,9)10)25(19,20)3(11,12)13/h5-10H2,1-4H3;(H2,14,21,22)/q+1;. The van der Waals surface area contributed by atoms with E-state index in [0.717, 1.165) is 4.48 Å². The third-order valence-electron chi connectivity index (χ3n) is 4.18. The Morgan fingerprint density at radius 1 is 0.568 bits per heavy atom. The summed E-state index contributed by atoms with van der Waals surface area (Å²) in [6.45, 7) is 3.59. The van der Waals surface area contributed by atoms with Crippen molar-refractivity contribution in [3.05, 3.63) is 0 Å². The van der Waals surface area contributed by atoms with E-state index >= 15 is 0 Å². The van der Waals surface area contributed by atoms with Crippen molar-refractivity contribution in [1.29, 1.82) is 0 Å². The highest BCUT2D eigenvalue weighted by molar-refractivity contribution is 8.39. The lowest BCUT2D eigenvalue weighted by Gasteiger charge is -2.31. The average molecular weight is 650 g/mol. The fraction of sp³-hybridized carbons (Fsp3) is 1.00. The van der Waals surface area contributed by atoms with E-state index in [4.69, 9.17) is 0 Å². The Morgan fingerprint density at radius 2 is 0.838 bits per heavy atom. The highest BCUT2D eigenvalue weighted by atomic mass is 32.4. The normalized spacial score (nSPS) is 15.2. The molecule has 23 heteroatoms. The summed E-state index contributed by atoms with van der Waals surface area (Å²) in [4.78, 5) is 0. The molecule has 0 rings (SSSR count). The summed E-state index contributed by atoms with van der Waals surface area (Å²) in [5.74, 6) is 0. The van der Waals surface area contributed by atoms with Crippen molar-refractivity contribution in [3.63, 3.8) is 0 Å². The van der Waals surface area contributed by atoms with Gasteiger partial charge in [0.05, 0.1) is 27.7 Å². The lowest BCUT2D eigenvalue weighted by Crippen LogP contribution is -2.68. The second kappa shape index (κ2) is 11.7. The molecule has 0 saturated carbocycles. The molecule has 0 aliphatic carbocycles. The Balaban J connectivity index is 0. The number of unbranched alkanes of at least 4 members (excludes halogenated alkanes) is 4. The minimum Gasteiger partial charge on any atom is -0.331 e. The minimum absolute atomic E-state index is 1.12. The maximum Gasteiger partial charge on any atom is 0.501 e. The van der Waals surface area contributed by atoms with Crippen LogP contribution in [0.5, 0.6) is 0 Å². The number of alkyl halides is 9. The Kier molecular flexibility index (Phi) is 12.1. The summed E-state index contributed by atoms with van der Waals surface area (Å²) >= 11 is 0. The van der Waals surface area contributed by atoms with Gasteiger partial charge in [-0.05, 0) is 12.8 Å². The first-order valence-electron chi connectivity index (χ1n) is 9.56. The van der Waals surface area contributed by atoms with E-state index in [1.807, 2.05) is 0 Å². The maximum absolute atomic E-state index is 12.5. The zero-order chi connectivity index (χ0) is 30.7. The zero-order valence-electron chi connectivity index (χ0n) is 19.6. The van der Waals surface area contributed by atoms with Gasteiger partial charge in [-0.2, -0.15) is 39.5 Å². The molecule has 0 unspecified atom stereocenters. The predicted octanol–water partition coefficient (Wildman–Crippen LogP) is 2.35. The molecule has 0 radical (unpaired) electrons. The van der Waals surface area contributed by atoms with Crippen LogP contribution in [0.15, 0.2) is 0 Å². The van der Waals surface area contributed by atoms with E-state index in [0.29, 0.717) is 0 Å². The van der Waals surface area contributed by atoms with E-state index in [1.54, 1.807) is 0 Å². The number of hydrogen-bond donors (Lipinski definition) is 1. The van der Waals surface area contributed by atoms with Crippen LogP contribution in [0.4, 0.5) is 39.5 Å². The first-order valence-corrected chi connectivity index (χ1v) is 15.6. The van der Waals surface area contributed by atoms with Gasteiger partial charge in [0.2, 0.25) is 0 Å². The molecule has 0 aromatic carbocycles. The number of hydrogen-bond acceptors (Lipinski definition) is 8. The van der Waals surface area contributed by atoms with Crippen LogP contribution in [-0.4, -0.2) is 85.1 Å². The topological polar surface area (TPSA) is 163 Å². The number of rotatable bonds is 10. The van der Waals surface area contributed by atoms with Crippen molar-refractivity contribution in [2.24, 2.45) is 5.14 Å². The summed E-state index contributed by atoms with van der Waals surface area (Å²) in [6, 6.07) is 0. The highest BCUT2D eigenvalue weighted by Crippen LogP contribution is 2.52. The van der Waals surface area contributed by atoms with Crippen LogP contribution in [-0.2, 0) is 39.5 Å². The van der Waals surface area contributed by atoms with Crippen LogP contribution in [0.2, 0.25) is 0 Å². The molecule has 0 amide bonds. The highest BCUT2D eigenvalue weighted by Gasteiger charge is 2.89. The molecule has 226 valence electrons. The summed E-state index contributed by atoms with van der Waals surface area (Å²) in [5.41, 5.74) is -22.7. The van der Waals surface area contributed by atoms with Gasteiger partial charge in [-0.25, -0.2) is 38.8 Å². The van der Waals surface area contributed by atoms with Gasteiger partial charge >= 0.3 is 19.3 Å². The van der Waals surface area contributed by atoms with Crippen LogP contribution in [0.3, 0.4) is 0 Å². The van der Waals surface area contributed by atoms with E-state index in [9.17, 15) is 73.2 Å². The van der Waals surface area contributed by atoms with Gasteiger partial charge in [-0.1, -0.05) is 26.2 Å². The van der Waals surface area contributed by atoms with Gasteiger partial charge in [0.15, 0.2) is 0 Å². The Labute approximate surface area is 208 Å². The van der Waals surface area contributed by atoms with Gasteiger partial charge in [0.25, 0.3) is 39.5 Å². The summed E-state index contributed by atoms with van der Waals surface area (Å²) in [6.07, 6.45) is 7.00. The molecule has 0 fully saturated rings. The average Bonchev–Trinajstić information content (AvgIpc) is 2.56. The molecule has 37 heavy (non-hydrogen) atoms. The molecule has 0 aliphatic heterocycles. The van der Waals surface area contributed by atoms with Gasteiger partial charge in [0.1, 0.15) is 0 Å². The van der Waals surface area contributed by atoms with Crippen LogP contribution < -0.4 is 5.14 Å². The lowest BCUT2D eigenvalue weighted by molar-refractivity contribution is -0.870. The molecular formula is C14H26F9N2O8S4+. The molecule has 2 N–H and O–H groups in total. The first kappa shape index (κ1) is 38.2. The number of sulfone groups is 3. The number of sulfonamides is 1. The summed E-state index contributed by atoms with van der Waals surface area (Å²) in [7, 11) is -27.7. The largest absolute Gasteiger partial charge is 0.501 e. The van der Waals surface area contributed by atoms with Crippen molar-refractivity contribution in [2.75, 3.05) is 27.7 Å². The van der Waals surface area contributed by atoms with Crippen LogP contribution >= 0.6 is 0 Å². The number of nitrogens with two attached hydrogens (primary N) is 1. The molecule has 10 nitrogen and oxygen atoms in total. The Hall–Kier alpha value is -0.910. The molecule has 0 saturated heterocycles. The Morgan fingerprint density at radius 3 is 1.03 bits per heavy atom. The molecule has 0 atom stereocenters. The molecule has 0 aromatic heterocycles. The van der Waals surface area contributed by atoms with Crippen molar-refractivity contribution in [1.82, 2.24) is 0 Å². The predicted molar refractivity (Wildman–Crippen MR) is 112 cm³/mol. The second-order valence-electron chi connectivity index (χ2n) is 8.32. The summed E-state index contributed by atoms with van der Waals surface area (Å²) < 4.78 is 195. The van der Waals surface area contributed by atoms with Gasteiger partial charge in [-0.3, -0.25) is 0 Å². The molecule has 0 bridgehead atoms. The third-order valence-corrected chi connectivity index (χ3v) is 16.7. The van der Waals surface area contributed by atoms with Gasteiger partial charge in [-0.15, -0.1) is 0 Å². The van der Waals surface area contributed by atoms with Crippen LogP contribution in [0, 0.1) is 0 Å². The SMILES string of the molecule is CCCCCCC[N+](C)(C)C.NS(=O)(=O)C(S(=O)(=O)C(F)(F)F)(S(=O)(=O)C(F)(F)F)S(=O)(=O)C(F)(F)F. The van der Waals surface area contributed by atoms with Crippen molar-refractivity contribution in [3.8, 4) is 0 Å². The number of nitrogens with zero attached hydrogens (tertiary/aromatic N) is 1. The zero-order valence-corrected chi connectivity index (χ0v) is 22.8. The van der Waals surface area contributed by atoms with E-state index in [2.05, 4.69) is 33.2 Å². The molecular weight excluding hydrogens is 623 g/mol. The third kappa shape index (κ3) is 7.82. The smallest absolute Gasteiger partial charge is 0.331 e. The van der Waals surface area contributed by atoms with Gasteiger partial charge < -0.3 is 4.48 Å². The lowest BCUT2D eigenvalue weighted by atomic mass is 10.1. The number of quaternary nitrogens is 1. The number of primary sulfonamides is 1. The first-order chi connectivity index (χ1) is 15.8. The van der Waals surface area contributed by atoms with Crippen molar-refractivity contribution >= 4 is 39.5 Å². The van der Waals surface area contributed by atoms with E-state index in [1.165, 1.54) is 38.6 Å². The minimum atomic E-state index is -8.87. The monoisotopic (exact) mass is 649 g/mol. The second-order valence-corrected chi connectivity index (χ2v) is 17.8. The van der Waals surface area contributed by atoms with E-state index < -0.39 is 58.8 Å². The molecule has 0 spiro atoms. The van der Waals surface area contributed by atoms with Crippen LogP contribution in [0.25, 0.3) is 0 Å². The molecule has 0 heterocycles. The molecule has 0 aliphatic rings. The maximum atomic E-state index is 12.5. The number of halogens is 9. The van der Waals surface area contributed by atoms with Gasteiger partial charge in [0, 0.05) is 0 Å². The fourth-order valence-corrected chi connectivity index (χ4v) is 13.0. The van der Waals surface area contributed by atoms with Crippen molar-refractivity contribution in [2.45, 2.75) is 58.3 Å². The van der Waals surface area contributed by atoms with Crippen LogP contribution in [0.1, 0.15) is 39.0 Å². The molecule has 0 aromatic rings. The fourth-order valence-electron chi connectivity index (χ4n) is 2.51.